The maximum Gasteiger partial charge on any atom is 0.251 e. The van der Waals surface area contributed by atoms with Crippen LogP contribution in [0.25, 0.3) is 0 Å². The number of guanidine groups is 1. The summed E-state index contributed by atoms with van der Waals surface area (Å²) in [5.74, 6) is 2.16. The molecule has 1 amide bonds. The molecule has 0 atom stereocenters. The van der Waals surface area contributed by atoms with Crippen LogP contribution >= 0.6 is 0 Å². The van der Waals surface area contributed by atoms with E-state index >= 15 is 0 Å². The van der Waals surface area contributed by atoms with Crippen molar-refractivity contribution < 1.29 is 14.3 Å². The van der Waals surface area contributed by atoms with Crippen LogP contribution in [-0.4, -0.2) is 58.9 Å². The molecule has 0 radical (unpaired) electrons. The molecule has 1 fully saturated rings. The highest BCUT2D eigenvalue weighted by Gasteiger charge is 2.20. The van der Waals surface area contributed by atoms with Gasteiger partial charge in [-0.2, -0.15) is 0 Å². The first-order valence-corrected chi connectivity index (χ1v) is 9.17. The fourth-order valence-corrected chi connectivity index (χ4v) is 2.34. The van der Waals surface area contributed by atoms with Crippen molar-refractivity contribution in [3.05, 3.63) is 29.8 Å². The van der Waals surface area contributed by atoms with E-state index in [4.69, 9.17) is 9.47 Å². The Morgan fingerprint density at radius 3 is 2.46 bits per heavy atom. The number of nitrogens with zero attached hydrogens (tertiary/aromatic N) is 1. The zero-order valence-electron chi connectivity index (χ0n) is 15.7. The first-order valence-electron chi connectivity index (χ1n) is 9.17. The van der Waals surface area contributed by atoms with Crippen LogP contribution < -0.4 is 20.7 Å². The lowest BCUT2D eigenvalue weighted by atomic mass is 10.2. The second-order valence-corrected chi connectivity index (χ2v) is 6.28. The third-order valence-corrected chi connectivity index (χ3v) is 4.09. The summed E-state index contributed by atoms with van der Waals surface area (Å²) in [6.45, 7) is 3.59. The summed E-state index contributed by atoms with van der Waals surface area (Å²) in [6.07, 6.45) is 3.59. The fourth-order valence-electron chi connectivity index (χ4n) is 2.34. The van der Waals surface area contributed by atoms with E-state index in [0.29, 0.717) is 18.7 Å². The SMILES string of the molecule is CN=C(NCCCOCC1CC1)NCCNC(=O)c1ccc(OC)cc1. The minimum absolute atomic E-state index is 0.106. The van der Waals surface area contributed by atoms with E-state index in [1.54, 1.807) is 38.4 Å². The summed E-state index contributed by atoms with van der Waals surface area (Å²) in [4.78, 5) is 16.2. The Morgan fingerprint density at radius 2 is 1.81 bits per heavy atom. The second-order valence-electron chi connectivity index (χ2n) is 6.28. The summed E-state index contributed by atoms with van der Waals surface area (Å²) in [5, 5.41) is 9.29. The molecule has 0 aliphatic heterocycles. The van der Waals surface area contributed by atoms with Crippen LogP contribution in [0.2, 0.25) is 0 Å². The third kappa shape index (κ3) is 7.74. The van der Waals surface area contributed by atoms with E-state index in [9.17, 15) is 4.79 Å². The molecule has 0 heterocycles. The Kier molecular flexibility index (Phi) is 8.75. The van der Waals surface area contributed by atoms with Crippen LogP contribution in [-0.2, 0) is 4.74 Å². The third-order valence-electron chi connectivity index (χ3n) is 4.09. The number of ether oxygens (including phenoxy) is 2. The van der Waals surface area contributed by atoms with Gasteiger partial charge in [0.25, 0.3) is 5.91 Å². The van der Waals surface area contributed by atoms with Gasteiger partial charge >= 0.3 is 0 Å². The quantitative estimate of drug-likeness (QED) is 0.315. The number of methoxy groups -OCH3 is 1. The molecular weight excluding hydrogens is 332 g/mol. The molecular formula is C19H30N4O3. The first kappa shape index (κ1) is 20.0. The number of carbonyl (C=O) groups excluding carboxylic acids is 1. The van der Waals surface area contributed by atoms with E-state index in [-0.39, 0.29) is 5.91 Å². The van der Waals surface area contributed by atoms with Gasteiger partial charge in [-0.3, -0.25) is 9.79 Å². The number of rotatable bonds is 11. The van der Waals surface area contributed by atoms with E-state index in [1.165, 1.54) is 12.8 Å². The Bertz CT molecular complexity index is 571. The molecule has 1 aromatic carbocycles. The molecule has 0 bridgehead atoms. The van der Waals surface area contributed by atoms with Crippen molar-refractivity contribution in [2.24, 2.45) is 10.9 Å². The predicted octanol–water partition coefficient (Wildman–Crippen LogP) is 1.41. The van der Waals surface area contributed by atoms with E-state index in [1.807, 2.05) is 0 Å². The molecule has 7 heteroatoms. The second kappa shape index (κ2) is 11.4. The van der Waals surface area contributed by atoms with Crippen molar-refractivity contribution >= 4 is 11.9 Å². The molecule has 1 aromatic rings. The van der Waals surface area contributed by atoms with E-state index in [0.717, 1.165) is 43.8 Å². The molecule has 0 saturated heterocycles. The molecule has 0 spiro atoms. The van der Waals surface area contributed by atoms with Crippen molar-refractivity contribution in [3.63, 3.8) is 0 Å². The Balaban J connectivity index is 1.52. The van der Waals surface area contributed by atoms with Gasteiger partial charge in [0.15, 0.2) is 5.96 Å². The molecule has 0 aromatic heterocycles. The molecule has 3 N–H and O–H groups in total. The summed E-state index contributed by atoms with van der Waals surface area (Å²) in [6, 6.07) is 7.03. The molecule has 1 saturated carbocycles. The van der Waals surface area contributed by atoms with Gasteiger partial charge in [0.05, 0.1) is 7.11 Å². The van der Waals surface area contributed by atoms with Crippen LogP contribution in [0.4, 0.5) is 0 Å². The molecule has 144 valence electrons. The van der Waals surface area contributed by atoms with Crippen LogP contribution in [0.15, 0.2) is 29.3 Å². The molecule has 1 aliphatic carbocycles. The number of hydrogen-bond acceptors (Lipinski definition) is 4. The molecule has 2 rings (SSSR count). The van der Waals surface area contributed by atoms with Gasteiger partial charge in [-0.15, -0.1) is 0 Å². The largest absolute Gasteiger partial charge is 0.497 e. The zero-order valence-corrected chi connectivity index (χ0v) is 15.7. The van der Waals surface area contributed by atoms with Gasteiger partial charge in [-0.1, -0.05) is 0 Å². The summed E-state index contributed by atoms with van der Waals surface area (Å²) >= 11 is 0. The van der Waals surface area contributed by atoms with Gasteiger partial charge < -0.3 is 25.4 Å². The van der Waals surface area contributed by atoms with Crippen LogP contribution in [0, 0.1) is 5.92 Å². The molecule has 26 heavy (non-hydrogen) atoms. The molecule has 1 aliphatic rings. The number of aliphatic imine (C=N–C) groups is 1. The van der Waals surface area contributed by atoms with Crippen LogP contribution in [0.5, 0.6) is 5.75 Å². The number of nitrogens with one attached hydrogen (secondary N) is 3. The molecule has 7 nitrogen and oxygen atoms in total. The highest BCUT2D eigenvalue weighted by molar-refractivity contribution is 5.94. The van der Waals surface area contributed by atoms with Gasteiger partial charge in [0.2, 0.25) is 0 Å². The highest BCUT2D eigenvalue weighted by atomic mass is 16.5. The van der Waals surface area contributed by atoms with Gasteiger partial charge in [0.1, 0.15) is 5.75 Å². The first-order chi connectivity index (χ1) is 12.7. The Hall–Kier alpha value is -2.28. The standard InChI is InChI=1S/C19H30N4O3/c1-20-19(22-10-3-13-26-14-15-4-5-15)23-12-11-21-18(24)16-6-8-17(25-2)9-7-16/h6-9,15H,3-5,10-14H2,1-2H3,(H,21,24)(H2,20,22,23). The normalized spacial score (nSPS) is 14.0. The van der Waals surface area contributed by atoms with E-state index in [2.05, 4.69) is 20.9 Å². The minimum atomic E-state index is -0.106. The maximum atomic E-state index is 12.0. The van der Waals surface area contributed by atoms with E-state index < -0.39 is 0 Å². The zero-order chi connectivity index (χ0) is 18.6. The number of benzene rings is 1. The lowest BCUT2D eigenvalue weighted by Crippen LogP contribution is -2.42. The predicted molar refractivity (Wildman–Crippen MR) is 103 cm³/mol. The fraction of sp³-hybridized carbons (Fsp3) is 0.579. The summed E-state index contributed by atoms with van der Waals surface area (Å²) in [5.41, 5.74) is 0.611. The Labute approximate surface area is 155 Å². The van der Waals surface area contributed by atoms with Crippen molar-refractivity contribution in [2.75, 3.05) is 47.0 Å². The summed E-state index contributed by atoms with van der Waals surface area (Å²) in [7, 11) is 3.33. The van der Waals surface area contributed by atoms with Gasteiger partial charge in [-0.05, 0) is 49.4 Å². The highest BCUT2D eigenvalue weighted by Crippen LogP contribution is 2.28. The van der Waals surface area contributed by atoms with Gasteiger partial charge in [-0.25, -0.2) is 0 Å². The van der Waals surface area contributed by atoms with Crippen LogP contribution in [0.3, 0.4) is 0 Å². The topological polar surface area (TPSA) is 84.0 Å². The van der Waals surface area contributed by atoms with Crippen molar-refractivity contribution in [1.82, 2.24) is 16.0 Å². The lowest BCUT2D eigenvalue weighted by molar-refractivity contribution is 0.0954. The number of hydrogen-bond donors (Lipinski definition) is 3. The minimum Gasteiger partial charge on any atom is -0.497 e. The Morgan fingerprint density at radius 1 is 1.12 bits per heavy atom. The molecule has 0 unspecified atom stereocenters. The number of carbonyl (C=O) groups is 1. The van der Waals surface area contributed by atoms with Crippen molar-refractivity contribution in [2.45, 2.75) is 19.3 Å². The van der Waals surface area contributed by atoms with Crippen molar-refractivity contribution in [1.29, 1.82) is 0 Å². The average molecular weight is 362 g/mol. The number of amides is 1. The average Bonchev–Trinajstić information content (AvgIpc) is 3.50. The monoisotopic (exact) mass is 362 g/mol. The summed E-state index contributed by atoms with van der Waals surface area (Å²) < 4.78 is 10.7. The van der Waals surface area contributed by atoms with Crippen molar-refractivity contribution in [3.8, 4) is 5.75 Å². The van der Waals surface area contributed by atoms with Crippen LogP contribution in [0.1, 0.15) is 29.6 Å². The maximum absolute atomic E-state index is 12.0. The lowest BCUT2D eigenvalue weighted by Gasteiger charge is -2.12. The van der Waals surface area contributed by atoms with Gasteiger partial charge in [0, 0.05) is 45.5 Å². The smallest absolute Gasteiger partial charge is 0.251 e.